The molecular weight excluding hydrogens is 536 g/mol. The molecule has 33 heavy (non-hydrogen) atoms. The van der Waals surface area contributed by atoms with Crippen LogP contribution in [0.4, 0.5) is 4.39 Å². The number of hydrogen-bond acceptors (Lipinski definition) is 4. The van der Waals surface area contributed by atoms with Crippen LogP contribution in [0, 0.1) is 5.82 Å². The van der Waals surface area contributed by atoms with Crippen LogP contribution < -0.4 is 5.32 Å². The predicted molar refractivity (Wildman–Crippen MR) is 139 cm³/mol. The number of rotatable bonds is 6. The van der Waals surface area contributed by atoms with Crippen molar-refractivity contribution in [1.82, 2.24) is 10.2 Å². The summed E-state index contributed by atoms with van der Waals surface area (Å²) < 4.78 is 31.5. The van der Waals surface area contributed by atoms with Gasteiger partial charge in [-0.2, -0.15) is 0 Å². The van der Waals surface area contributed by atoms with E-state index in [1.807, 2.05) is 13.1 Å². The van der Waals surface area contributed by atoms with Crippen molar-refractivity contribution in [1.29, 1.82) is 0 Å². The van der Waals surface area contributed by atoms with Crippen LogP contribution in [0.5, 0.6) is 0 Å². The molecule has 3 saturated heterocycles. The summed E-state index contributed by atoms with van der Waals surface area (Å²) in [5, 5.41) is 3.60. The minimum atomic E-state index is -0.182. The average Bonchev–Trinajstić information content (AvgIpc) is 2.85. The Kier molecular flexibility index (Phi) is 10.7. The molecule has 1 aromatic rings. The fourth-order valence-corrected chi connectivity index (χ4v) is 5.15. The Labute approximate surface area is 214 Å². The van der Waals surface area contributed by atoms with Crippen LogP contribution in [-0.4, -0.2) is 76.2 Å². The number of ether oxygens (including phenoxy) is 3. The monoisotopic (exact) mass is 575 g/mol. The van der Waals surface area contributed by atoms with Gasteiger partial charge in [-0.25, -0.2) is 4.39 Å². The molecule has 3 fully saturated rings. The van der Waals surface area contributed by atoms with Gasteiger partial charge in [0.05, 0.1) is 18.8 Å². The number of benzene rings is 1. The van der Waals surface area contributed by atoms with Gasteiger partial charge in [-0.3, -0.25) is 4.99 Å². The molecule has 1 aromatic carbocycles. The second-order valence-corrected chi connectivity index (χ2v) is 9.31. The van der Waals surface area contributed by atoms with Crippen molar-refractivity contribution in [2.75, 3.05) is 53.1 Å². The van der Waals surface area contributed by atoms with Crippen molar-refractivity contribution in [2.24, 2.45) is 4.99 Å². The quantitative estimate of drug-likeness (QED) is 0.315. The van der Waals surface area contributed by atoms with Crippen molar-refractivity contribution < 1.29 is 18.6 Å². The zero-order valence-corrected chi connectivity index (χ0v) is 22.1. The summed E-state index contributed by atoms with van der Waals surface area (Å²) in [7, 11) is 1.84. The lowest BCUT2D eigenvalue weighted by Gasteiger charge is -2.40. The molecule has 3 heterocycles. The minimum Gasteiger partial charge on any atom is -0.381 e. The number of nitrogens with zero attached hydrogens (tertiary/aromatic N) is 2. The molecule has 6 nitrogen and oxygen atoms in total. The lowest BCUT2D eigenvalue weighted by molar-refractivity contribution is -0.0721. The van der Waals surface area contributed by atoms with Gasteiger partial charge in [-0.15, -0.1) is 24.0 Å². The molecular formula is C25H39FIN3O3. The molecule has 4 rings (SSSR count). The summed E-state index contributed by atoms with van der Waals surface area (Å²) in [6.45, 7) is 5.56. The van der Waals surface area contributed by atoms with Crippen LogP contribution in [0.2, 0.25) is 0 Å². The second-order valence-electron chi connectivity index (χ2n) is 9.31. The van der Waals surface area contributed by atoms with Gasteiger partial charge in [0.1, 0.15) is 5.82 Å². The highest BCUT2D eigenvalue weighted by molar-refractivity contribution is 14.0. The first kappa shape index (κ1) is 26.6. The largest absolute Gasteiger partial charge is 0.381 e. The van der Waals surface area contributed by atoms with Gasteiger partial charge in [0, 0.05) is 51.9 Å². The van der Waals surface area contributed by atoms with Gasteiger partial charge in [0.15, 0.2) is 5.96 Å². The number of aliphatic imine (C=N–C) groups is 1. The Bertz CT molecular complexity index is 746. The van der Waals surface area contributed by atoms with Crippen molar-refractivity contribution in [3.63, 3.8) is 0 Å². The van der Waals surface area contributed by atoms with Gasteiger partial charge in [0.25, 0.3) is 0 Å². The van der Waals surface area contributed by atoms with E-state index in [1.54, 1.807) is 12.1 Å². The van der Waals surface area contributed by atoms with E-state index in [2.05, 4.69) is 15.2 Å². The lowest BCUT2D eigenvalue weighted by atomic mass is 9.74. The van der Waals surface area contributed by atoms with Gasteiger partial charge < -0.3 is 24.4 Å². The fraction of sp³-hybridized carbons (Fsp3) is 0.720. The van der Waals surface area contributed by atoms with Gasteiger partial charge in [-0.05, 0) is 62.6 Å². The number of piperidine rings is 1. The fourth-order valence-electron chi connectivity index (χ4n) is 5.15. The Morgan fingerprint density at radius 3 is 2.64 bits per heavy atom. The summed E-state index contributed by atoms with van der Waals surface area (Å²) in [5.74, 6) is 0.736. The molecule has 1 N–H and O–H groups in total. The summed E-state index contributed by atoms with van der Waals surface area (Å²) in [5.41, 5.74) is 0.901. The van der Waals surface area contributed by atoms with E-state index in [-0.39, 0.29) is 41.3 Å². The van der Waals surface area contributed by atoms with Crippen LogP contribution in [0.15, 0.2) is 29.3 Å². The molecule has 0 aliphatic carbocycles. The van der Waals surface area contributed by atoms with E-state index >= 15 is 0 Å². The molecule has 0 amide bonds. The number of guanidine groups is 1. The summed E-state index contributed by atoms with van der Waals surface area (Å²) in [4.78, 5) is 6.86. The molecule has 0 bridgehead atoms. The van der Waals surface area contributed by atoms with E-state index in [9.17, 15) is 4.39 Å². The van der Waals surface area contributed by atoms with Gasteiger partial charge >= 0.3 is 0 Å². The SMILES string of the molecule is CN=C(NCC1(c2cccc(F)c2)CCOCC1)N1CCC(OCC2CCCCO2)CC1.I. The molecule has 0 aromatic heterocycles. The van der Waals surface area contributed by atoms with E-state index in [1.165, 1.54) is 18.9 Å². The van der Waals surface area contributed by atoms with Gasteiger partial charge in [-0.1, -0.05) is 12.1 Å². The van der Waals surface area contributed by atoms with Crippen molar-refractivity contribution in [3.05, 3.63) is 35.6 Å². The Hall–Kier alpha value is -0.970. The molecule has 1 unspecified atom stereocenters. The van der Waals surface area contributed by atoms with Crippen LogP contribution in [0.3, 0.4) is 0 Å². The first-order chi connectivity index (χ1) is 15.7. The highest BCUT2D eigenvalue weighted by Gasteiger charge is 2.35. The smallest absolute Gasteiger partial charge is 0.193 e. The van der Waals surface area contributed by atoms with E-state index < -0.39 is 0 Å². The van der Waals surface area contributed by atoms with Crippen molar-refractivity contribution in [2.45, 2.75) is 62.6 Å². The predicted octanol–water partition coefficient (Wildman–Crippen LogP) is 4.12. The van der Waals surface area contributed by atoms with E-state index in [0.29, 0.717) is 19.3 Å². The molecule has 1 atom stereocenters. The zero-order valence-electron chi connectivity index (χ0n) is 19.8. The van der Waals surface area contributed by atoms with Crippen molar-refractivity contribution in [3.8, 4) is 0 Å². The highest BCUT2D eigenvalue weighted by Crippen LogP contribution is 2.34. The number of hydrogen-bond donors (Lipinski definition) is 1. The third-order valence-electron chi connectivity index (χ3n) is 7.22. The first-order valence-corrected chi connectivity index (χ1v) is 12.2. The molecule has 8 heteroatoms. The standard InChI is InChI=1S/C25H38FN3O3.HI/c1-27-24(29-12-8-22(9-13-29)32-18-23-7-2-3-14-31-23)28-19-25(10-15-30-16-11-25)20-5-4-6-21(26)17-20;/h4-6,17,22-23H,2-3,7-16,18-19H2,1H3,(H,27,28);1H. The number of halogens is 2. The van der Waals surface area contributed by atoms with Crippen LogP contribution in [-0.2, 0) is 19.6 Å². The van der Waals surface area contributed by atoms with Crippen LogP contribution in [0.25, 0.3) is 0 Å². The van der Waals surface area contributed by atoms with Crippen molar-refractivity contribution >= 4 is 29.9 Å². The van der Waals surface area contributed by atoms with E-state index in [0.717, 1.165) is 76.5 Å². The maximum atomic E-state index is 14.0. The molecule has 0 radical (unpaired) electrons. The average molecular weight is 576 g/mol. The summed E-state index contributed by atoms with van der Waals surface area (Å²) in [6.07, 6.45) is 7.85. The maximum absolute atomic E-state index is 14.0. The normalized spacial score (nSPS) is 24.2. The maximum Gasteiger partial charge on any atom is 0.193 e. The number of nitrogens with one attached hydrogen (secondary N) is 1. The third-order valence-corrected chi connectivity index (χ3v) is 7.22. The second kappa shape index (κ2) is 13.2. The van der Waals surface area contributed by atoms with E-state index in [4.69, 9.17) is 14.2 Å². The minimum absolute atomic E-state index is 0. The highest BCUT2D eigenvalue weighted by atomic mass is 127. The molecule has 186 valence electrons. The van der Waals surface area contributed by atoms with Gasteiger partial charge in [0.2, 0.25) is 0 Å². The molecule has 3 aliphatic rings. The lowest BCUT2D eigenvalue weighted by Crippen LogP contribution is -2.51. The Morgan fingerprint density at radius 1 is 1.18 bits per heavy atom. The summed E-state index contributed by atoms with van der Waals surface area (Å²) >= 11 is 0. The molecule has 3 aliphatic heterocycles. The number of likely N-dealkylation sites (tertiary alicyclic amines) is 1. The van der Waals surface area contributed by atoms with Crippen LogP contribution in [0.1, 0.15) is 50.5 Å². The third kappa shape index (κ3) is 7.26. The Morgan fingerprint density at radius 2 is 1.97 bits per heavy atom. The Balaban J connectivity index is 0.00000306. The first-order valence-electron chi connectivity index (χ1n) is 12.2. The topological polar surface area (TPSA) is 55.3 Å². The molecule has 0 saturated carbocycles. The summed E-state index contributed by atoms with van der Waals surface area (Å²) in [6, 6.07) is 7.03. The molecule has 0 spiro atoms. The zero-order chi connectivity index (χ0) is 22.2. The van der Waals surface area contributed by atoms with Crippen LogP contribution >= 0.6 is 24.0 Å².